The highest BCUT2D eigenvalue weighted by atomic mass is 32.1. The van der Waals surface area contributed by atoms with Gasteiger partial charge in [0.05, 0.1) is 23.9 Å². The maximum absolute atomic E-state index is 12.9. The molecule has 7 nitrogen and oxygen atoms in total. The maximum Gasteiger partial charge on any atom is 0.303 e. The SMILES string of the molecule is O=C(O)CCC(=O)N1N=C(c2nn(-c3ccccc3)cc2-c2ccccc2)CC1c1cccs1. The van der Waals surface area contributed by atoms with Crippen LogP contribution in [0.5, 0.6) is 0 Å². The topological polar surface area (TPSA) is 87.8 Å². The van der Waals surface area contributed by atoms with Crippen molar-refractivity contribution in [1.82, 2.24) is 14.8 Å². The molecule has 1 N–H and O–H groups in total. The number of amides is 1. The van der Waals surface area contributed by atoms with Gasteiger partial charge in [0.25, 0.3) is 0 Å². The van der Waals surface area contributed by atoms with Gasteiger partial charge in [-0.1, -0.05) is 54.6 Å². The van der Waals surface area contributed by atoms with Crippen molar-refractivity contribution in [3.05, 3.63) is 94.9 Å². The molecule has 0 aliphatic carbocycles. The number of nitrogens with zero attached hydrogens (tertiary/aromatic N) is 4. The first-order valence-corrected chi connectivity index (χ1v) is 11.8. The number of carbonyl (C=O) groups excluding carboxylic acids is 1. The molecule has 170 valence electrons. The van der Waals surface area contributed by atoms with E-state index in [1.807, 2.05) is 89.1 Å². The summed E-state index contributed by atoms with van der Waals surface area (Å²) in [6, 6.07) is 23.5. The number of rotatable bonds is 7. The molecule has 1 atom stereocenters. The van der Waals surface area contributed by atoms with E-state index in [-0.39, 0.29) is 24.8 Å². The van der Waals surface area contributed by atoms with E-state index >= 15 is 0 Å². The summed E-state index contributed by atoms with van der Waals surface area (Å²) in [5.41, 5.74) is 4.27. The standard InChI is InChI=1S/C26H22N4O3S/c31-24(13-14-25(32)33)30-22(23-12-7-15-34-23)16-21(27-30)26-20(18-8-3-1-4-9-18)17-29(28-26)19-10-5-2-6-11-19/h1-12,15,17,22H,13-14,16H2,(H,32,33). The molecule has 0 saturated heterocycles. The molecule has 1 aliphatic heterocycles. The number of carboxylic acid groups (broad SMARTS) is 1. The molecule has 0 saturated carbocycles. The van der Waals surface area contributed by atoms with Gasteiger partial charge >= 0.3 is 5.97 Å². The van der Waals surface area contributed by atoms with E-state index in [9.17, 15) is 9.59 Å². The Morgan fingerprint density at radius 3 is 2.38 bits per heavy atom. The van der Waals surface area contributed by atoms with Crippen molar-refractivity contribution in [3.63, 3.8) is 0 Å². The lowest BCUT2D eigenvalue weighted by Crippen LogP contribution is -2.26. The van der Waals surface area contributed by atoms with Crippen LogP contribution in [0, 0.1) is 0 Å². The Morgan fingerprint density at radius 2 is 1.71 bits per heavy atom. The fourth-order valence-corrected chi connectivity index (χ4v) is 4.85. The molecule has 0 bridgehead atoms. The summed E-state index contributed by atoms with van der Waals surface area (Å²) in [5, 5.41) is 22.0. The van der Waals surface area contributed by atoms with E-state index in [0.29, 0.717) is 17.8 Å². The smallest absolute Gasteiger partial charge is 0.303 e. The normalized spacial score (nSPS) is 15.4. The molecule has 8 heteroatoms. The van der Waals surface area contributed by atoms with E-state index in [2.05, 4.69) is 0 Å². The third-order valence-corrected chi connectivity index (χ3v) is 6.66. The summed E-state index contributed by atoms with van der Waals surface area (Å²) in [7, 11) is 0. The van der Waals surface area contributed by atoms with Gasteiger partial charge in [0.2, 0.25) is 5.91 Å². The average molecular weight is 471 g/mol. The molecule has 4 aromatic rings. The van der Waals surface area contributed by atoms with Gasteiger partial charge in [0, 0.05) is 29.5 Å². The first kappa shape index (κ1) is 21.8. The monoisotopic (exact) mass is 470 g/mol. The van der Waals surface area contributed by atoms with E-state index in [1.165, 1.54) is 5.01 Å². The van der Waals surface area contributed by atoms with Crippen molar-refractivity contribution in [3.8, 4) is 16.8 Å². The first-order chi connectivity index (χ1) is 16.6. The maximum atomic E-state index is 12.9. The van der Waals surface area contributed by atoms with Crippen LogP contribution in [0.25, 0.3) is 16.8 Å². The Labute approximate surface area is 200 Å². The Morgan fingerprint density at radius 1 is 0.971 bits per heavy atom. The van der Waals surface area contributed by atoms with Crippen LogP contribution in [0.3, 0.4) is 0 Å². The molecular weight excluding hydrogens is 448 g/mol. The minimum atomic E-state index is -1.00. The highest BCUT2D eigenvalue weighted by Gasteiger charge is 2.35. The number of carbonyl (C=O) groups is 2. The number of hydrazone groups is 1. The van der Waals surface area contributed by atoms with Crippen LogP contribution in [0.1, 0.15) is 35.9 Å². The van der Waals surface area contributed by atoms with Gasteiger partial charge in [0.1, 0.15) is 5.69 Å². The Bertz CT molecular complexity index is 1330. The van der Waals surface area contributed by atoms with Gasteiger partial charge in [-0.15, -0.1) is 11.3 Å². The van der Waals surface area contributed by atoms with Gasteiger partial charge in [0.15, 0.2) is 0 Å². The van der Waals surface area contributed by atoms with Gasteiger partial charge in [-0.3, -0.25) is 9.59 Å². The first-order valence-electron chi connectivity index (χ1n) is 11.0. The summed E-state index contributed by atoms with van der Waals surface area (Å²) >= 11 is 1.56. The molecule has 3 heterocycles. The highest BCUT2D eigenvalue weighted by molar-refractivity contribution is 7.10. The number of para-hydroxylation sites is 1. The molecule has 2 aromatic carbocycles. The molecule has 1 aliphatic rings. The fraction of sp³-hybridized carbons (Fsp3) is 0.154. The average Bonchev–Trinajstić information content (AvgIpc) is 3.62. The van der Waals surface area contributed by atoms with E-state index in [1.54, 1.807) is 11.3 Å². The van der Waals surface area contributed by atoms with Crippen molar-refractivity contribution in [2.75, 3.05) is 0 Å². The fourth-order valence-electron chi connectivity index (χ4n) is 4.04. The number of benzene rings is 2. The summed E-state index contributed by atoms with van der Waals surface area (Å²) < 4.78 is 1.83. The third kappa shape index (κ3) is 4.40. The third-order valence-electron chi connectivity index (χ3n) is 5.68. The minimum absolute atomic E-state index is 0.0992. The van der Waals surface area contributed by atoms with Gasteiger partial charge in [-0.2, -0.15) is 10.2 Å². The quantitative estimate of drug-likeness (QED) is 0.405. The molecule has 0 fully saturated rings. The van der Waals surface area contributed by atoms with Crippen LogP contribution < -0.4 is 0 Å². The van der Waals surface area contributed by atoms with Crippen molar-refractivity contribution in [2.45, 2.75) is 25.3 Å². The summed E-state index contributed by atoms with van der Waals surface area (Å²) in [6.07, 6.45) is 2.16. The zero-order valence-corrected chi connectivity index (χ0v) is 19.1. The van der Waals surface area contributed by atoms with Crippen LogP contribution in [0.15, 0.2) is 89.5 Å². The van der Waals surface area contributed by atoms with Crippen molar-refractivity contribution in [2.24, 2.45) is 5.10 Å². The molecule has 34 heavy (non-hydrogen) atoms. The van der Waals surface area contributed by atoms with Crippen LogP contribution in [0.2, 0.25) is 0 Å². The van der Waals surface area contributed by atoms with Crippen LogP contribution in [-0.2, 0) is 9.59 Å². The zero-order valence-electron chi connectivity index (χ0n) is 18.2. The van der Waals surface area contributed by atoms with Crippen LogP contribution in [0.4, 0.5) is 0 Å². The van der Waals surface area contributed by atoms with Gasteiger partial charge in [-0.05, 0) is 29.1 Å². The zero-order chi connectivity index (χ0) is 23.5. The highest BCUT2D eigenvalue weighted by Crippen LogP contribution is 2.37. The van der Waals surface area contributed by atoms with Crippen molar-refractivity contribution >= 4 is 28.9 Å². The lowest BCUT2D eigenvalue weighted by atomic mass is 10.0. The minimum Gasteiger partial charge on any atom is -0.481 e. The molecular formula is C26H22N4O3S. The summed E-state index contributed by atoms with van der Waals surface area (Å²) in [5.74, 6) is -1.31. The molecule has 0 spiro atoms. The van der Waals surface area contributed by atoms with Gasteiger partial charge < -0.3 is 5.11 Å². The predicted octanol–water partition coefficient (Wildman–Crippen LogP) is 5.14. The van der Waals surface area contributed by atoms with Crippen molar-refractivity contribution in [1.29, 1.82) is 0 Å². The van der Waals surface area contributed by atoms with Crippen LogP contribution in [-0.4, -0.2) is 37.5 Å². The number of hydrogen-bond donors (Lipinski definition) is 1. The van der Waals surface area contributed by atoms with E-state index < -0.39 is 5.97 Å². The summed E-state index contributed by atoms with van der Waals surface area (Å²) in [6.45, 7) is 0. The Balaban J connectivity index is 1.57. The number of carboxylic acids is 1. The lowest BCUT2D eigenvalue weighted by Gasteiger charge is -2.20. The molecule has 0 radical (unpaired) electrons. The molecule has 2 aromatic heterocycles. The Kier molecular flexibility index (Phi) is 6.05. The van der Waals surface area contributed by atoms with Gasteiger partial charge in [-0.25, -0.2) is 9.69 Å². The van der Waals surface area contributed by atoms with E-state index in [4.69, 9.17) is 15.3 Å². The largest absolute Gasteiger partial charge is 0.481 e. The number of hydrogen-bond acceptors (Lipinski definition) is 5. The van der Waals surface area contributed by atoms with Crippen molar-refractivity contribution < 1.29 is 14.7 Å². The number of aliphatic carboxylic acids is 1. The predicted molar refractivity (Wildman–Crippen MR) is 131 cm³/mol. The van der Waals surface area contributed by atoms with Crippen LogP contribution >= 0.6 is 11.3 Å². The second-order valence-corrected chi connectivity index (χ2v) is 8.93. The summed E-state index contributed by atoms with van der Waals surface area (Å²) in [4.78, 5) is 25.0. The molecule has 1 unspecified atom stereocenters. The number of thiophene rings is 1. The second kappa shape index (κ2) is 9.44. The lowest BCUT2D eigenvalue weighted by molar-refractivity contribution is -0.141. The Hall–Kier alpha value is -4.04. The second-order valence-electron chi connectivity index (χ2n) is 7.95. The number of aromatic nitrogens is 2. The molecule has 1 amide bonds. The van der Waals surface area contributed by atoms with E-state index in [0.717, 1.165) is 21.7 Å². The molecule has 5 rings (SSSR count).